The second-order valence-corrected chi connectivity index (χ2v) is 6.27. The Morgan fingerprint density at radius 3 is 2.40 bits per heavy atom. The van der Waals surface area contributed by atoms with E-state index in [0.29, 0.717) is 5.92 Å². The largest absolute Gasteiger partial charge is 0.0999 e. The lowest BCUT2D eigenvalue weighted by atomic mass is 9.93. The van der Waals surface area contributed by atoms with Gasteiger partial charge in [-0.25, -0.2) is 0 Å². The van der Waals surface area contributed by atoms with Crippen molar-refractivity contribution in [3.05, 3.63) is 59.2 Å². The van der Waals surface area contributed by atoms with E-state index in [-0.39, 0.29) is 0 Å². The van der Waals surface area contributed by atoms with E-state index in [1.165, 1.54) is 41.5 Å². The van der Waals surface area contributed by atoms with Gasteiger partial charge in [-0.05, 0) is 64.4 Å². The smallest absolute Gasteiger partial charge is 0.0190 e. The molecule has 0 aliphatic heterocycles. The Morgan fingerprint density at radius 1 is 1.15 bits per heavy atom. The first-order valence-corrected chi connectivity index (χ1v) is 7.85. The number of hydrogen-bond donors (Lipinski definition) is 0. The molecule has 110 valence electrons. The van der Waals surface area contributed by atoms with Crippen LogP contribution in [0.15, 0.2) is 48.1 Å². The molecule has 0 fully saturated rings. The monoisotopic (exact) mass is 270 g/mol. The lowest BCUT2D eigenvalue weighted by Crippen LogP contribution is -1.94. The van der Waals surface area contributed by atoms with Crippen molar-refractivity contribution >= 4 is 0 Å². The summed E-state index contributed by atoms with van der Waals surface area (Å²) in [5, 5.41) is 0. The molecule has 0 aliphatic carbocycles. The van der Waals surface area contributed by atoms with Crippen molar-refractivity contribution in [2.75, 3.05) is 0 Å². The fourth-order valence-corrected chi connectivity index (χ4v) is 2.41. The first-order valence-electron chi connectivity index (χ1n) is 7.85. The van der Waals surface area contributed by atoms with E-state index in [2.05, 4.69) is 64.6 Å². The summed E-state index contributed by atoms with van der Waals surface area (Å²) in [7, 11) is 0. The van der Waals surface area contributed by atoms with Crippen molar-refractivity contribution in [1.82, 2.24) is 0 Å². The predicted octanol–water partition coefficient (Wildman–Crippen LogP) is 6.57. The van der Waals surface area contributed by atoms with Crippen molar-refractivity contribution in [3.8, 4) is 0 Å². The molecule has 1 atom stereocenters. The fraction of sp³-hybridized carbons (Fsp3) is 0.500. The molecule has 1 aromatic carbocycles. The van der Waals surface area contributed by atoms with Crippen molar-refractivity contribution in [1.29, 1.82) is 0 Å². The third-order valence-corrected chi connectivity index (χ3v) is 3.86. The summed E-state index contributed by atoms with van der Waals surface area (Å²) < 4.78 is 0. The van der Waals surface area contributed by atoms with Crippen molar-refractivity contribution in [2.24, 2.45) is 0 Å². The molecule has 1 rings (SSSR count). The highest BCUT2D eigenvalue weighted by Crippen LogP contribution is 2.23. The van der Waals surface area contributed by atoms with Crippen LogP contribution in [0.25, 0.3) is 0 Å². The van der Waals surface area contributed by atoms with Crippen LogP contribution in [0.1, 0.15) is 69.9 Å². The predicted molar refractivity (Wildman–Crippen MR) is 91.3 cm³/mol. The summed E-state index contributed by atoms with van der Waals surface area (Å²) in [6.07, 6.45) is 8.28. The summed E-state index contributed by atoms with van der Waals surface area (Å²) in [5.74, 6) is 0.654. The molecule has 0 aromatic heterocycles. The van der Waals surface area contributed by atoms with Gasteiger partial charge in [0, 0.05) is 0 Å². The SMILES string of the molecule is C=C(CCC=C(C)C)CCCC(C)c1ccc(C)cc1. The van der Waals surface area contributed by atoms with E-state index < -0.39 is 0 Å². The highest BCUT2D eigenvalue weighted by atomic mass is 14.1. The van der Waals surface area contributed by atoms with E-state index in [9.17, 15) is 0 Å². The molecule has 0 amide bonds. The molecule has 1 aromatic rings. The molecule has 0 spiro atoms. The average molecular weight is 270 g/mol. The van der Waals surface area contributed by atoms with E-state index in [1.807, 2.05) is 0 Å². The third-order valence-electron chi connectivity index (χ3n) is 3.86. The first kappa shape index (κ1) is 16.8. The number of rotatable bonds is 8. The van der Waals surface area contributed by atoms with Crippen LogP contribution in [0.5, 0.6) is 0 Å². The van der Waals surface area contributed by atoms with Crippen LogP contribution >= 0.6 is 0 Å². The Balaban J connectivity index is 2.24. The lowest BCUT2D eigenvalue weighted by Gasteiger charge is -2.12. The molecule has 0 saturated carbocycles. The van der Waals surface area contributed by atoms with Gasteiger partial charge < -0.3 is 0 Å². The highest BCUT2D eigenvalue weighted by Gasteiger charge is 2.05. The Bertz CT molecular complexity index is 430. The molecule has 0 heteroatoms. The van der Waals surface area contributed by atoms with Crippen molar-refractivity contribution in [3.63, 3.8) is 0 Å². The summed E-state index contributed by atoms with van der Waals surface area (Å²) in [5.41, 5.74) is 5.61. The van der Waals surface area contributed by atoms with E-state index in [1.54, 1.807) is 0 Å². The topological polar surface area (TPSA) is 0 Å². The quantitative estimate of drug-likeness (QED) is 0.468. The van der Waals surface area contributed by atoms with Crippen molar-refractivity contribution < 1.29 is 0 Å². The number of allylic oxidation sites excluding steroid dienone is 3. The zero-order valence-electron chi connectivity index (χ0n) is 13.7. The molecule has 1 unspecified atom stereocenters. The van der Waals surface area contributed by atoms with Crippen molar-refractivity contribution in [2.45, 2.75) is 65.7 Å². The van der Waals surface area contributed by atoms with Gasteiger partial charge in [0.05, 0.1) is 0 Å². The average Bonchev–Trinajstić information content (AvgIpc) is 2.39. The summed E-state index contributed by atoms with van der Waals surface area (Å²) >= 11 is 0. The summed E-state index contributed by atoms with van der Waals surface area (Å²) in [6.45, 7) is 13.0. The number of aryl methyl sites for hydroxylation is 1. The van der Waals surface area contributed by atoms with Gasteiger partial charge in [-0.3, -0.25) is 0 Å². The minimum atomic E-state index is 0.654. The number of benzene rings is 1. The fourth-order valence-electron chi connectivity index (χ4n) is 2.41. The van der Waals surface area contributed by atoms with Gasteiger partial charge in [0.25, 0.3) is 0 Å². The van der Waals surface area contributed by atoms with E-state index in [0.717, 1.165) is 12.8 Å². The van der Waals surface area contributed by atoms with Crippen LogP contribution in [0, 0.1) is 6.92 Å². The Labute approximate surface area is 125 Å². The minimum Gasteiger partial charge on any atom is -0.0999 e. The standard InChI is InChI=1S/C20H30/c1-16(2)8-6-9-17(3)10-7-11-19(5)20-14-12-18(4)13-15-20/h8,12-15,19H,3,6-7,9-11H2,1-2,4-5H3. The molecule has 0 heterocycles. The normalized spacial score (nSPS) is 12.0. The maximum atomic E-state index is 4.20. The molecular formula is C20H30. The Hall–Kier alpha value is -1.30. The zero-order valence-corrected chi connectivity index (χ0v) is 13.7. The lowest BCUT2D eigenvalue weighted by molar-refractivity contribution is 0.624. The molecule has 20 heavy (non-hydrogen) atoms. The Kier molecular flexibility index (Phi) is 7.36. The van der Waals surface area contributed by atoms with E-state index in [4.69, 9.17) is 0 Å². The highest BCUT2D eigenvalue weighted by molar-refractivity contribution is 5.24. The zero-order chi connectivity index (χ0) is 15.0. The molecule has 0 radical (unpaired) electrons. The summed E-state index contributed by atoms with van der Waals surface area (Å²) in [4.78, 5) is 0. The van der Waals surface area contributed by atoms with Gasteiger partial charge in [-0.15, -0.1) is 0 Å². The first-order chi connectivity index (χ1) is 9.49. The van der Waals surface area contributed by atoms with Crippen LogP contribution in [-0.2, 0) is 0 Å². The molecule has 0 saturated heterocycles. The molecule has 0 bridgehead atoms. The van der Waals surface area contributed by atoms with Crippen LogP contribution in [0.2, 0.25) is 0 Å². The maximum absolute atomic E-state index is 4.20. The van der Waals surface area contributed by atoms with Crippen LogP contribution in [-0.4, -0.2) is 0 Å². The second-order valence-electron chi connectivity index (χ2n) is 6.27. The Morgan fingerprint density at radius 2 is 1.80 bits per heavy atom. The van der Waals surface area contributed by atoms with Gasteiger partial charge in [-0.2, -0.15) is 0 Å². The molecular weight excluding hydrogens is 240 g/mol. The second kappa shape index (κ2) is 8.79. The van der Waals surface area contributed by atoms with Gasteiger partial charge in [0.1, 0.15) is 0 Å². The molecule has 0 nitrogen and oxygen atoms in total. The van der Waals surface area contributed by atoms with E-state index >= 15 is 0 Å². The molecule has 0 N–H and O–H groups in total. The number of hydrogen-bond acceptors (Lipinski definition) is 0. The van der Waals surface area contributed by atoms with Crippen LogP contribution in [0.3, 0.4) is 0 Å². The molecule has 0 aliphatic rings. The van der Waals surface area contributed by atoms with Crippen LogP contribution < -0.4 is 0 Å². The summed E-state index contributed by atoms with van der Waals surface area (Å²) in [6, 6.07) is 8.96. The minimum absolute atomic E-state index is 0.654. The maximum Gasteiger partial charge on any atom is -0.0190 e. The van der Waals surface area contributed by atoms with Gasteiger partial charge in [0.15, 0.2) is 0 Å². The van der Waals surface area contributed by atoms with Crippen LogP contribution in [0.4, 0.5) is 0 Å². The van der Waals surface area contributed by atoms with Gasteiger partial charge >= 0.3 is 0 Å². The third kappa shape index (κ3) is 6.75. The van der Waals surface area contributed by atoms with Gasteiger partial charge in [-0.1, -0.05) is 60.6 Å². The van der Waals surface area contributed by atoms with Gasteiger partial charge in [0.2, 0.25) is 0 Å².